The summed E-state index contributed by atoms with van der Waals surface area (Å²) in [5.41, 5.74) is -3.36. The Hall–Kier alpha value is -0.970. The monoisotopic (exact) mass is 422 g/mol. The number of carbonyl (C=O) groups excluding carboxylic acids is 2. The summed E-state index contributed by atoms with van der Waals surface area (Å²) in [4.78, 5) is 25.0. The van der Waals surface area contributed by atoms with Gasteiger partial charge in [-0.25, -0.2) is 8.78 Å². The topological polar surface area (TPSA) is 34.1 Å². The Bertz CT molecular complexity index is 837. The van der Waals surface area contributed by atoms with E-state index in [1.165, 1.54) is 23.9 Å². The number of fused-ring (bicyclic) bond motifs is 5. The largest absolute Gasteiger partial charge is 0.290 e. The van der Waals surface area contributed by atoms with Crippen LogP contribution in [0.2, 0.25) is 0 Å². The Morgan fingerprint density at radius 3 is 2.41 bits per heavy atom. The van der Waals surface area contributed by atoms with Crippen LogP contribution in [0.15, 0.2) is 23.8 Å². The van der Waals surface area contributed by atoms with E-state index in [0.717, 1.165) is 6.42 Å². The number of thioether (sulfide) groups is 1. The zero-order chi connectivity index (χ0) is 21.6. The molecule has 160 valence electrons. The average Bonchev–Trinajstić information content (AvgIpc) is 2.86. The Morgan fingerprint density at radius 2 is 1.79 bits per heavy atom. The third kappa shape index (κ3) is 2.29. The number of ketones is 1. The first-order chi connectivity index (χ1) is 13.4. The SMILES string of the molecule is CSC(=O)[C@@]1(C)[C@H](C)CC2C3C[C@H](F)C4=CC(=O)C=C[C@]4(C)[C@@]3(F)[C@@H](C)C[C@@]21C. The molecule has 0 aliphatic heterocycles. The predicted molar refractivity (Wildman–Crippen MR) is 113 cm³/mol. The third-order valence-corrected chi connectivity index (χ3v) is 10.5. The van der Waals surface area contributed by atoms with E-state index >= 15 is 8.78 Å². The molecule has 0 radical (unpaired) electrons. The van der Waals surface area contributed by atoms with Crippen LogP contribution < -0.4 is 0 Å². The van der Waals surface area contributed by atoms with Gasteiger partial charge in [0.2, 0.25) is 0 Å². The molecule has 3 fully saturated rings. The summed E-state index contributed by atoms with van der Waals surface area (Å²) in [7, 11) is 0. The van der Waals surface area contributed by atoms with Crippen LogP contribution in [0.3, 0.4) is 0 Å². The molecule has 5 heteroatoms. The van der Waals surface area contributed by atoms with E-state index in [-0.39, 0.29) is 40.5 Å². The molecule has 29 heavy (non-hydrogen) atoms. The predicted octanol–water partition coefficient (Wildman–Crippen LogP) is 5.72. The van der Waals surface area contributed by atoms with Crippen molar-refractivity contribution in [2.45, 2.75) is 65.7 Å². The van der Waals surface area contributed by atoms with Gasteiger partial charge in [-0.3, -0.25) is 9.59 Å². The van der Waals surface area contributed by atoms with Gasteiger partial charge in [0.25, 0.3) is 0 Å². The van der Waals surface area contributed by atoms with Gasteiger partial charge in [-0.1, -0.05) is 45.5 Å². The van der Waals surface area contributed by atoms with Crippen LogP contribution in [-0.2, 0) is 9.59 Å². The zero-order valence-corrected chi connectivity index (χ0v) is 19.0. The molecule has 0 N–H and O–H groups in total. The number of alkyl halides is 2. The summed E-state index contributed by atoms with van der Waals surface area (Å²) in [6.07, 6.45) is 6.28. The first kappa shape index (κ1) is 21.3. The van der Waals surface area contributed by atoms with Gasteiger partial charge < -0.3 is 0 Å². The highest BCUT2D eigenvalue weighted by molar-refractivity contribution is 8.13. The molecule has 0 amide bonds. The van der Waals surface area contributed by atoms with E-state index in [2.05, 4.69) is 20.8 Å². The van der Waals surface area contributed by atoms with Crippen LogP contribution in [0.1, 0.15) is 53.9 Å². The second-order valence-corrected chi connectivity index (χ2v) is 11.4. The van der Waals surface area contributed by atoms with Gasteiger partial charge >= 0.3 is 0 Å². The Morgan fingerprint density at radius 1 is 1.14 bits per heavy atom. The van der Waals surface area contributed by atoms with Crippen LogP contribution in [0.4, 0.5) is 8.78 Å². The molecule has 0 aromatic carbocycles. The lowest BCUT2D eigenvalue weighted by atomic mass is 9.42. The summed E-state index contributed by atoms with van der Waals surface area (Å²) < 4.78 is 32.7. The summed E-state index contributed by atoms with van der Waals surface area (Å²) >= 11 is 1.26. The van der Waals surface area contributed by atoms with E-state index in [0.29, 0.717) is 12.0 Å². The fourth-order valence-electron chi connectivity index (χ4n) is 7.93. The Kier molecular flexibility index (Phi) is 4.60. The molecule has 0 saturated heterocycles. The minimum Gasteiger partial charge on any atom is -0.290 e. The molecule has 0 spiro atoms. The molecule has 0 aromatic rings. The van der Waals surface area contributed by atoms with Gasteiger partial charge in [-0.2, -0.15) is 0 Å². The molecule has 2 nitrogen and oxygen atoms in total. The van der Waals surface area contributed by atoms with Crippen molar-refractivity contribution >= 4 is 22.7 Å². The van der Waals surface area contributed by atoms with Crippen LogP contribution in [-0.4, -0.2) is 29.0 Å². The van der Waals surface area contributed by atoms with Crippen molar-refractivity contribution in [3.63, 3.8) is 0 Å². The van der Waals surface area contributed by atoms with Crippen molar-refractivity contribution in [1.82, 2.24) is 0 Å². The minimum atomic E-state index is -1.63. The molecular weight excluding hydrogens is 390 g/mol. The van der Waals surface area contributed by atoms with E-state index < -0.39 is 28.6 Å². The van der Waals surface area contributed by atoms with Crippen molar-refractivity contribution in [1.29, 1.82) is 0 Å². The molecule has 0 aromatic heterocycles. The maximum atomic E-state index is 17.2. The van der Waals surface area contributed by atoms with E-state index in [9.17, 15) is 9.59 Å². The quantitative estimate of drug-likeness (QED) is 0.542. The molecule has 3 saturated carbocycles. The average molecular weight is 423 g/mol. The lowest BCUT2D eigenvalue weighted by Crippen LogP contribution is -2.66. The van der Waals surface area contributed by atoms with Gasteiger partial charge in [0.15, 0.2) is 10.9 Å². The fraction of sp³-hybridized carbons (Fsp3) is 0.750. The van der Waals surface area contributed by atoms with Gasteiger partial charge in [-0.15, -0.1) is 0 Å². The van der Waals surface area contributed by atoms with Gasteiger partial charge in [0.05, 0.1) is 0 Å². The summed E-state index contributed by atoms with van der Waals surface area (Å²) in [6, 6.07) is 0. The second-order valence-electron chi connectivity index (χ2n) is 10.6. The first-order valence-electron chi connectivity index (χ1n) is 10.7. The van der Waals surface area contributed by atoms with Crippen molar-refractivity contribution in [2.75, 3.05) is 6.26 Å². The number of halogens is 2. The lowest BCUT2D eigenvalue weighted by molar-refractivity contribution is -0.181. The molecule has 9 atom stereocenters. The molecule has 4 rings (SSSR count). The molecule has 0 heterocycles. The molecule has 4 aliphatic carbocycles. The number of hydrogen-bond acceptors (Lipinski definition) is 3. The van der Waals surface area contributed by atoms with E-state index in [4.69, 9.17) is 0 Å². The van der Waals surface area contributed by atoms with Crippen LogP contribution in [0.5, 0.6) is 0 Å². The first-order valence-corrected chi connectivity index (χ1v) is 12.0. The fourth-order valence-corrected chi connectivity index (χ4v) is 8.79. The maximum absolute atomic E-state index is 17.2. The maximum Gasteiger partial charge on any atom is 0.195 e. The highest BCUT2D eigenvalue weighted by Gasteiger charge is 2.74. The molecule has 0 bridgehead atoms. The number of hydrogen-bond donors (Lipinski definition) is 0. The zero-order valence-electron chi connectivity index (χ0n) is 18.2. The van der Waals surface area contributed by atoms with E-state index in [1.807, 2.05) is 13.2 Å². The number of rotatable bonds is 1. The van der Waals surface area contributed by atoms with Crippen molar-refractivity contribution < 1.29 is 18.4 Å². The summed E-state index contributed by atoms with van der Waals surface area (Å²) in [5.74, 6) is -0.999. The van der Waals surface area contributed by atoms with Gasteiger partial charge in [0.1, 0.15) is 11.8 Å². The van der Waals surface area contributed by atoms with Crippen molar-refractivity contribution in [3.8, 4) is 0 Å². The summed E-state index contributed by atoms with van der Waals surface area (Å²) in [5, 5.41) is 0.163. The lowest BCUT2D eigenvalue weighted by Gasteiger charge is -2.64. The molecular formula is C24H32F2O2S. The smallest absolute Gasteiger partial charge is 0.195 e. The van der Waals surface area contributed by atoms with Crippen LogP contribution >= 0.6 is 11.8 Å². The van der Waals surface area contributed by atoms with Crippen molar-refractivity contribution in [2.24, 2.45) is 39.9 Å². The number of carbonyl (C=O) groups is 2. The highest BCUT2D eigenvalue weighted by atomic mass is 32.2. The Labute approximate surface area is 177 Å². The molecule has 2 unspecified atom stereocenters. The summed E-state index contributed by atoms with van der Waals surface area (Å²) in [6.45, 7) is 9.99. The number of allylic oxidation sites excluding steroid dienone is 4. The van der Waals surface area contributed by atoms with Crippen LogP contribution in [0, 0.1) is 39.9 Å². The van der Waals surface area contributed by atoms with Crippen molar-refractivity contribution in [3.05, 3.63) is 23.8 Å². The normalized spacial score (nSPS) is 53.7. The minimum absolute atomic E-state index is 0.0533. The highest BCUT2D eigenvalue weighted by Crippen LogP contribution is 2.74. The third-order valence-electron chi connectivity index (χ3n) is 9.75. The van der Waals surface area contributed by atoms with Crippen LogP contribution in [0.25, 0.3) is 0 Å². The second kappa shape index (κ2) is 6.27. The van der Waals surface area contributed by atoms with E-state index in [1.54, 1.807) is 13.0 Å². The Balaban J connectivity index is 1.87. The standard InChI is InChI=1S/C24H32F2O2S/c1-13-9-16-17-11-19(25)18-10-15(27)7-8-21(18,3)24(17,26)14(2)12-22(16,4)23(13,5)20(28)29-6/h7-8,10,13-14,16-17,19H,9,11-12H2,1-6H3/t13-,14+,16?,17?,19+,21+,22+,23-,24-/m1/s1. The van der Waals surface area contributed by atoms with Gasteiger partial charge in [0, 0.05) is 16.7 Å². The van der Waals surface area contributed by atoms with Gasteiger partial charge in [-0.05, 0) is 73.3 Å². The molecule has 4 aliphatic rings.